The van der Waals surface area contributed by atoms with Crippen molar-refractivity contribution in [3.63, 3.8) is 0 Å². The van der Waals surface area contributed by atoms with Gasteiger partial charge in [-0.15, -0.1) is 10.2 Å². The van der Waals surface area contributed by atoms with Crippen LogP contribution in [0.4, 0.5) is 0 Å². The predicted octanol–water partition coefficient (Wildman–Crippen LogP) is 3.60. The Hall–Kier alpha value is -2.47. The maximum absolute atomic E-state index is 12.1. The summed E-state index contributed by atoms with van der Waals surface area (Å²) in [6, 6.07) is 12.4. The number of hydrogen-bond donors (Lipinski definition) is 1. The van der Waals surface area contributed by atoms with Crippen LogP contribution in [0.3, 0.4) is 0 Å². The third-order valence-corrected chi connectivity index (χ3v) is 4.81. The number of hydrogen-bond acceptors (Lipinski definition) is 5. The monoisotopic (exact) mass is 369 g/mol. The van der Waals surface area contributed by atoms with Crippen LogP contribution in [0.5, 0.6) is 0 Å². The second-order valence-electron chi connectivity index (χ2n) is 6.38. The molecular weight excluding hydrogens is 346 g/mol. The Labute approximate surface area is 157 Å². The van der Waals surface area contributed by atoms with Gasteiger partial charge in [-0.25, -0.2) is 0 Å². The first-order valence-electron chi connectivity index (χ1n) is 8.84. The Morgan fingerprint density at radius 1 is 1.08 bits per heavy atom. The number of thiophene rings is 1. The molecule has 0 spiro atoms. The number of nitrogens with zero attached hydrogens (tertiary/aromatic N) is 2. The second kappa shape index (κ2) is 9.29. The van der Waals surface area contributed by atoms with Gasteiger partial charge in [-0.3, -0.25) is 4.79 Å². The third kappa shape index (κ3) is 5.81. The first kappa shape index (κ1) is 18.3. The predicted molar refractivity (Wildman–Crippen MR) is 102 cm³/mol. The number of aromatic nitrogens is 2. The zero-order valence-electron chi connectivity index (χ0n) is 14.9. The summed E-state index contributed by atoms with van der Waals surface area (Å²) in [5.74, 6) is 1.15. The minimum atomic E-state index is 0.0109. The normalized spacial score (nSPS) is 12.0. The molecule has 0 saturated heterocycles. The molecule has 6 heteroatoms. The van der Waals surface area contributed by atoms with Crippen molar-refractivity contribution in [3.05, 3.63) is 70.1 Å². The fourth-order valence-electron chi connectivity index (χ4n) is 2.77. The number of carbonyl (C=O) groups is 1. The highest BCUT2D eigenvalue weighted by atomic mass is 32.1. The average molecular weight is 369 g/mol. The fraction of sp³-hybridized carbons (Fsp3) is 0.350. The van der Waals surface area contributed by atoms with E-state index in [2.05, 4.69) is 44.5 Å². The van der Waals surface area contributed by atoms with E-state index in [0.29, 0.717) is 31.0 Å². The van der Waals surface area contributed by atoms with Crippen LogP contribution in [0.1, 0.15) is 36.3 Å². The Kier molecular flexibility index (Phi) is 6.55. The highest BCUT2D eigenvalue weighted by molar-refractivity contribution is 7.07. The topological polar surface area (TPSA) is 68.0 Å². The zero-order chi connectivity index (χ0) is 18.2. The standard InChI is InChI=1S/C20H23N3O2S/c1-15(13-17-11-12-26-14-17)21-18(24)8-10-20-23-22-19(25-20)9-7-16-5-3-2-4-6-16/h2-6,11-12,14-15H,7-10,13H2,1H3,(H,21,24)/t15-/m1/s1. The molecule has 136 valence electrons. The molecule has 0 aliphatic rings. The van der Waals surface area contributed by atoms with Gasteiger partial charge in [-0.05, 0) is 47.7 Å². The van der Waals surface area contributed by atoms with Crippen molar-refractivity contribution in [2.24, 2.45) is 0 Å². The van der Waals surface area contributed by atoms with Crippen molar-refractivity contribution < 1.29 is 9.21 Å². The van der Waals surface area contributed by atoms with Gasteiger partial charge in [0.15, 0.2) is 0 Å². The lowest BCUT2D eigenvalue weighted by molar-refractivity contribution is -0.121. The highest BCUT2D eigenvalue weighted by Gasteiger charge is 2.12. The zero-order valence-corrected chi connectivity index (χ0v) is 15.7. The molecular formula is C20H23N3O2S. The van der Waals surface area contributed by atoms with Gasteiger partial charge in [0, 0.05) is 25.3 Å². The molecule has 0 aliphatic carbocycles. The van der Waals surface area contributed by atoms with Gasteiger partial charge in [0.1, 0.15) is 0 Å². The van der Waals surface area contributed by atoms with Gasteiger partial charge in [-0.1, -0.05) is 30.3 Å². The molecule has 1 N–H and O–H groups in total. The molecule has 0 radical (unpaired) electrons. The SMILES string of the molecule is C[C@H](Cc1ccsc1)NC(=O)CCc1nnc(CCc2ccccc2)o1. The summed E-state index contributed by atoms with van der Waals surface area (Å²) in [7, 11) is 0. The Morgan fingerprint density at radius 2 is 1.85 bits per heavy atom. The molecule has 5 nitrogen and oxygen atoms in total. The quantitative estimate of drug-likeness (QED) is 0.626. The maximum Gasteiger partial charge on any atom is 0.220 e. The van der Waals surface area contributed by atoms with Crippen LogP contribution in [-0.4, -0.2) is 22.1 Å². The van der Waals surface area contributed by atoms with Crippen molar-refractivity contribution in [3.8, 4) is 0 Å². The molecule has 26 heavy (non-hydrogen) atoms. The van der Waals surface area contributed by atoms with Gasteiger partial charge >= 0.3 is 0 Å². The molecule has 0 saturated carbocycles. The van der Waals surface area contributed by atoms with Crippen LogP contribution in [0.25, 0.3) is 0 Å². The summed E-state index contributed by atoms with van der Waals surface area (Å²) in [6.07, 6.45) is 3.24. The van der Waals surface area contributed by atoms with Gasteiger partial charge < -0.3 is 9.73 Å². The summed E-state index contributed by atoms with van der Waals surface area (Å²) < 4.78 is 5.65. The first-order valence-corrected chi connectivity index (χ1v) is 9.79. The number of nitrogens with one attached hydrogen (secondary N) is 1. The Balaban J connectivity index is 1.39. The van der Waals surface area contributed by atoms with E-state index in [9.17, 15) is 4.79 Å². The summed E-state index contributed by atoms with van der Waals surface area (Å²) in [5, 5.41) is 15.3. The van der Waals surface area contributed by atoms with E-state index in [1.165, 1.54) is 11.1 Å². The van der Waals surface area contributed by atoms with E-state index >= 15 is 0 Å². The second-order valence-corrected chi connectivity index (χ2v) is 7.16. The van der Waals surface area contributed by atoms with Crippen molar-refractivity contribution in [2.45, 2.75) is 45.1 Å². The molecule has 1 atom stereocenters. The average Bonchev–Trinajstić information content (AvgIpc) is 3.31. The number of carbonyl (C=O) groups excluding carboxylic acids is 1. The number of benzene rings is 1. The van der Waals surface area contributed by atoms with Gasteiger partial charge in [0.25, 0.3) is 0 Å². The molecule has 0 bridgehead atoms. The lowest BCUT2D eigenvalue weighted by atomic mass is 10.1. The summed E-state index contributed by atoms with van der Waals surface area (Å²) in [5.41, 5.74) is 2.49. The van der Waals surface area contributed by atoms with Crippen LogP contribution in [0.2, 0.25) is 0 Å². The lowest BCUT2D eigenvalue weighted by Crippen LogP contribution is -2.34. The van der Waals surface area contributed by atoms with Crippen molar-refractivity contribution >= 4 is 17.2 Å². The van der Waals surface area contributed by atoms with Crippen LogP contribution in [-0.2, 0) is 30.5 Å². The van der Waals surface area contributed by atoms with Crippen molar-refractivity contribution in [2.75, 3.05) is 0 Å². The van der Waals surface area contributed by atoms with E-state index in [-0.39, 0.29) is 11.9 Å². The van der Waals surface area contributed by atoms with Gasteiger partial charge in [-0.2, -0.15) is 11.3 Å². The molecule has 1 amide bonds. The Morgan fingerprint density at radius 3 is 2.58 bits per heavy atom. The molecule has 3 rings (SSSR count). The van der Waals surface area contributed by atoms with E-state index in [1.54, 1.807) is 11.3 Å². The van der Waals surface area contributed by atoms with E-state index in [1.807, 2.05) is 25.1 Å². The summed E-state index contributed by atoms with van der Waals surface area (Å²) in [4.78, 5) is 12.1. The summed E-state index contributed by atoms with van der Waals surface area (Å²) >= 11 is 1.67. The molecule has 0 fully saturated rings. The Bertz CT molecular complexity index is 800. The molecule has 0 unspecified atom stereocenters. The van der Waals surface area contributed by atoms with E-state index in [4.69, 9.17) is 4.42 Å². The minimum absolute atomic E-state index is 0.0109. The van der Waals surface area contributed by atoms with Crippen LogP contribution < -0.4 is 5.32 Å². The van der Waals surface area contributed by atoms with Crippen LogP contribution >= 0.6 is 11.3 Å². The maximum atomic E-state index is 12.1. The first-order chi connectivity index (χ1) is 12.7. The molecule has 2 heterocycles. The third-order valence-electron chi connectivity index (χ3n) is 4.07. The van der Waals surface area contributed by atoms with E-state index < -0.39 is 0 Å². The minimum Gasteiger partial charge on any atom is -0.425 e. The number of aryl methyl sites for hydroxylation is 3. The highest BCUT2D eigenvalue weighted by Crippen LogP contribution is 2.10. The lowest BCUT2D eigenvalue weighted by Gasteiger charge is -2.12. The summed E-state index contributed by atoms with van der Waals surface area (Å²) in [6.45, 7) is 2.02. The fourth-order valence-corrected chi connectivity index (χ4v) is 3.45. The van der Waals surface area contributed by atoms with Gasteiger partial charge in [0.2, 0.25) is 17.7 Å². The molecule has 0 aliphatic heterocycles. The van der Waals surface area contributed by atoms with E-state index in [0.717, 1.165) is 12.8 Å². The van der Waals surface area contributed by atoms with Crippen molar-refractivity contribution in [1.29, 1.82) is 0 Å². The number of rotatable bonds is 9. The smallest absolute Gasteiger partial charge is 0.220 e. The molecule has 3 aromatic rings. The molecule has 2 aromatic heterocycles. The number of amides is 1. The van der Waals surface area contributed by atoms with Crippen LogP contribution in [0.15, 0.2) is 51.6 Å². The molecule has 1 aromatic carbocycles. The largest absolute Gasteiger partial charge is 0.425 e. The van der Waals surface area contributed by atoms with Crippen molar-refractivity contribution in [1.82, 2.24) is 15.5 Å². The van der Waals surface area contributed by atoms with Crippen LogP contribution in [0, 0.1) is 0 Å². The van der Waals surface area contributed by atoms with Gasteiger partial charge in [0.05, 0.1) is 0 Å².